The number of pyridine rings is 1. The number of para-hydroxylation sites is 2. The lowest BCUT2D eigenvalue weighted by Crippen LogP contribution is -2.20. The molecular formula is C19H14F3N5O2S. The molecule has 0 saturated heterocycles. The molecule has 4 rings (SSSR count). The highest BCUT2D eigenvalue weighted by molar-refractivity contribution is 7.71. The lowest BCUT2D eigenvalue weighted by atomic mass is 10.1. The summed E-state index contributed by atoms with van der Waals surface area (Å²) in [6.45, 7) is 0. The van der Waals surface area contributed by atoms with Crippen LogP contribution in [0.1, 0.15) is 5.56 Å². The van der Waals surface area contributed by atoms with Crippen molar-refractivity contribution in [2.24, 2.45) is 7.05 Å². The highest BCUT2D eigenvalue weighted by Crippen LogP contribution is 2.36. The summed E-state index contributed by atoms with van der Waals surface area (Å²) < 4.78 is 49.7. The van der Waals surface area contributed by atoms with E-state index in [-0.39, 0.29) is 16.1 Å². The Morgan fingerprint density at radius 1 is 1.23 bits per heavy atom. The number of aryl methyl sites for hydroxylation is 1. The number of methoxy groups -OCH3 is 1. The van der Waals surface area contributed by atoms with E-state index in [1.807, 2.05) is 0 Å². The molecule has 1 N–H and O–H groups in total. The second-order valence-electron chi connectivity index (χ2n) is 6.42. The van der Waals surface area contributed by atoms with Gasteiger partial charge in [0.05, 0.1) is 35.6 Å². The number of aromatic amines is 1. The van der Waals surface area contributed by atoms with E-state index >= 15 is 0 Å². The Hall–Kier alpha value is -3.47. The molecule has 0 aliphatic heterocycles. The summed E-state index contributed by atoms with van der Waals surface area (Å²) in [4.78, 5) is 19.2. The number of nitrogens with zero attached hydrogens (tertiary/aromatic N) is 4. The molecule has 0 fully saturated rings. The van der Waals surface area contributed by atoms with Crippen LogP contribution in [0.2, 0.25) is 0 Å². The molecule has 11 heteroatoms. The van der Waals surface area contributed by atoms with Crippen LogP contribution in [0.3, 0.4) is 0 Å². The minimum absolute atomic E-state index is 0.00609. The molecule has 30 heavy (non-hydrogen) atoms. The number of aromatic nitrogens is 5. The van der Waals surface area contributed by atoms with E-state index in [0.717, 1.165) is 6.07 Å². The fourth-order valence-electron chi connectivity index (χ4n) is 3.19. The minimum Gasteiger partial charge on any atom is -0.495 e. The second-order valence-corrected chi connectivity index (χ2v) is 6.81. The van der Waals surface area contributed by atoms with E-state index in [9.17, 15) is 18.0 Å². The molecule has 154 valence electrons. The molecule has 0 bridgehead atoms. The van der Waals surface area contributed by atoms with Gasteiger partial charge in [0.2, 0.25) is 0 Å². The van der Waals surface area contributed by atoms with E-state index in [0.29, 0.717) is 17.0 Å². The summed E-state index contributed by atoms with van der Waals surface area (Å²) in [7, 11) is 3.06. The maximum atomic E-state index is 13.9. The number of hydrogen-bond donors (Lipinski definition) is 1. The standard InChI is InChI=1S/C19H14F3N5O2S/c1-26-9-10(8-23-26)12-7-11(19(20,21)22)15-16(24-12)27(18(30)25-17(15)28)13-5-3-4-6-14(13)29-2/h3-9H,1-2H3,(H,25,28,30). The van der Waals surface area contributed by atoms with Gasteiger partial charge in [-0.15, -0.1) is 0 Å². The third-order valence-corrected chi connectivity index (χ3v) is 4.78. The third kappa shape index (κ3) is 3.26. The lowest BCUT2D eigenvalue weighted by molar-refractivity contribution is -0.136. The number of alkyl halides is 3. The van der Waals surface area contributed by atoms with E-state index < -0.39 is 22.7 Å². The molecule has 0 aliphatic rings. The molecule has 0 spiro atoms. The maximum Gasteiger partial charge on any atom is 0.417 e. The minimum atomic E-state index is -4.80. The number of nitrogens with one attached hydrogen (secondary N) is 1. The first kappa shape index (κ1) is 19.8. The van der Waals surface area contributed by atoms with Crippen molar-refractivity contribution in [2.45, 2.75) is 6.18 Å². The molecule has 0 atom stereocenters. The molecule has 1 aromatic carbocycles. The second kappa shape index (κ2) is 7.10. The van der Waals surface area contributed by atoms with Gasteiger partial charge in [0, 0.05) is 18.8 Å². The fraction of sp³-hybridized carbons (Fsp3) is 0.158. The van der Waals surface area contributed by atoms with Crippen molar-refractivity contribution in [3.05, 3.63) is 63.4 Å². The van der Waals surface area contributed by atoms with Gasteiger partial charge in [-0.3, -0.25) is 19.0 Å². The van der Waals surface area contributed by atoms with E-state index in [1.54, 1.807) is 31.3 Å². The van der Waals surface area contributed by atoms with Gasteiger partial charge in [0.15, 0.2) is 10.4 Å². The highest BCUT2D eigenvalue weighted by atomic mass is 32.1. The van der Waals surface area contributed by atoms with Crippen LogP contribution < -0.4 is 10.3 Å². The van der Waals surface area contributed by atoms with Gasteiger partial charge in [0.25, 0.3) is 5.56 Å². The Morgan fingerprint density at radius 3 is 2.60 bits per heavy atom. The van der Waals surface area contributed by atoms with Crippen LogP contribution in [0.25, 0.3) is 28.0 Å². The third-order valence-electron chi connectivity index (χ3n) is 4.49. The molecular weight excluding hydrogens is 419 g/mol. The van der Waals surface area contributed by atoms with Gasteiger partial charge in [-0.05, 0) is 30.4 Å². The van der Waals surface area contributed by atoms with Crippen LogP contribution in [0.5, 0.6) is 5.75 Å². The number of benzene rings is 1. The number of hydrogen-bond acceptors (Lipinski definition) is 5. The van der Waals surface area contributed by atoms with Gasteiger partial charge in [-0.2, -0.15) is 18.3 Å². The predicted molar refractivity (Wildman–Crippen MR) is 106 cm³/mol. The molecule has 7 nitrogen and oxygen atoms in total. The number of rotatable bonds is 3. The van der Waals surface area contributed by atoms with Gasteiger partial charge in [-0.25, -0.2) is 4.98 Å². The van der Waals surface area contributed by atoms with Crippen molar-refractivity contribution in [3.8, 4) is 22.7 Å². The summed E-state index contributed by atoms with van der Waals surface area (Å²) in [6.07, 6.45) is -1.88. The number of fused-ring (bicyclic) bond motifs is 1. The van der Waals surface area contributed by atoms with Gasteiger partial charge < -0.3 is 4.74 Å². The first-order valence-corrected chi connectivity index (χ1v) is 9.01. The first-order valence-electron chi connectivity index (χ1n) is 8.60. The van der Waals surface area contributed by atoms with Crippen molar-refractivity contribution in [1.29, 1.82) is 0 Å². The topological polar surface area (TPSA) is 77.7 Å². The highest BCUT2D eigenvalue weighted by Gasteiger charge is 2.36. The van der Waals surface area contributed by atoms with E-state index in [2.05, 4.69) is 15.1 Å². The van der Waals surface area contributed by atoms with Crippen molar-refractivity contribution in [2.75, 3.05) is 7.11 Å². The van der Waals surface area contributed by atoms with Crippen LogP contribution >= 0.6 is 12.2 Å². The smallest absolute Gasteiger partial charge is 0.417 e. The maximum absolute atomic E-state index is 13.9. The van der Waals surface area contributed by atoms with Crippen molar-refractivity contribution in [1.82, 2.24) is 24.3 Å². The first-order chi connectivity index (χ1) is 14.2. The van der Waals surface area contributed by atoms with Gasteiger partial charge in [0.1, 0.15) is 5.75 Å². The largest absolute Gasteiger partial charge is 0.495 e. The van der Waals surface area contributed by atoms with Crippen LogP contribution in [0, 0.1) is 4.77 Å². The van der Waals surface area contributed by atoms with Crippen molar-refractivity contribution >= 4 is 23.3 Å². The van der Waals surface area contributed by atoms with E-state index in [1.165, 1.54) is 28.8 Å². The summed E-state index contributed by atoms with van der Waals surface area (Å²) in [5.74, 6) is 0.351. The zero-order valence-electron chi connectivity index (χ0n) is 15.7. The molecule has 0 aliphatic carbocycles. The molecule has 0 unspecified atom stereocenters. The summed E-state index contributed by atoms with van der Waals surface area (Å²) in [5, 5.41) is 3.37. The zero-order valence-corrected chi connectivity index (χ0v) is 16.5. The average Bonchev–Trinajstić information content (AvgIpc) is 3.13. The molecule has 0 amide bonds. The van der Waals surface area contributed by atoms with Gasteiger partial charge >= 0.3 is 6.18 Å². The molecule has 0 saturated carbocycles. The lowest BCUT2D eigenvalue weighted by Gasteiger charge is -2.17. The Morgan fingerprint density at radius 2 is 1.97 bits per heavy atom. The fourth-order valence-corrected chi connectivity index (χ4v) is 3.47. The van der Waals surface area contributed by atoms with Crippen LogP contribution in [0.4, 0.5) is 13.2 Å². The summed E-state index contributed by atoms with van der Waals surface area (Å²) in [5.41, 5.74) is -1.61. The Kier molecular flexibility index (Phi) is 4.69. The normalized spacial score (nSPS) is 11.8. The van der Waals surface area contributed by atoms with Crippen LogP contribution in [-0.2, 0) is 13.2 Å². The quantitative estimate of drug-likeness (QED) is 0.497. The van der Waals surface area contributed by atoms with Crippen molar-refractivity contribution in [3.63, 3.8) is 0 Å². The molecule has 0 radical (unpaired) electrons. The zero-order chi connectivity index (χ0) is 21.6. The van der Waals surface area contributed by atoms with Crippen LogP contribution in [-0.4, -0.2) is 31.4 Å². The SMILES string of the molecule is COc1ccccc1-n1c(=S)[nH]c(=O)c2c(C(F)(F)F)cc(-c3cnn(C)c3)nc21. The molecule has 4 aromatic rings. The van der Waals surface area contributed by atoms with Crippen LogP contribution in [0.15, 0.2) is 47.5 Å². The van der Waals surface area contributed by atoms with E-state index in [4.69, 9.17) is 17.0 Å². The predicted octanol–water partition coefficient (Wildman–Crippen LogP) is 3.87. The Balaban J connectivity index is 2.21. The Labute approximate surface area is 172 Å². The Bertz CT molecular complexity index is 1390. The monoisotopic (exact) mass is 433 g/mol. The number of halogens is 3. The number of H-pyrrole nitrogens is 1. The average molecular weight is 433 g/mol. The summed E-state index contributed by atoms with van der Waals surface area (Å²) in [6, 6.07) is 7.45. The van der Waals surface area contributed by atoms with Crippen molar-refractivity contribution < 1.29 is 17.9 Å². The molecule has 3 heterocycles. The number of ether oxygens (including phenoxy) is 1. The van der Waals surface area contributed by atoms with Gasteiger partial charge in [-0.1, -0.05) is 12.1 Å². The summed E-state index contributed by atoms with van der Waals surface area (Å²) >= 11 is 5.27. The molecule has 3 aromatic heterocycles.